The molecular weight excluding hydrogens is 406 g/mol. The fourth-order valence-electron chi connectivity index (χ4n) is 3.67. The molecule has 30 heavy (non-hydrogen) atoms. The summed E-state index contributed by atoms with van der Waals surface area (Å²) in [6, 6.07) is 14.6. The molecule has 0 radical (unpaired) electrons. The zero-order valence-electron chi connectivity index (χ0n) is 18.3. The summed E-state index contributed by atoms with van der Waals surface area (Å²) in [7, 11) is 3.96. The van der Waals surface area contributed by atoms with Crippen molar-refractivity contribution in [1.82, 2.24) is 9.97 Å². The average molecular weight is 443 g/mol. The number of benzene rings is 1. The second-order valence-corrected chi connectivity index (χ2v) is 10.5. The van der Waals surface area contributed by atoms with E-state index in [2.05, 4.69) is 53.0 Å². The molecule has 0 saturated heterocycles. The molecule has 0 bridgehead atoms. The van der Waals surface area contributed by atoms with Crippen LogP contribution in [0, 0.1) is 0 Å². The van der Waals surface area contributed by atoms with Gasteiger partial charge in [0, 0.05) is 5.75 Å². The Morgan fingerprint density at radius 3 is 2.27 bits per heavy atom. The number of para-hydroxylation sites is 2. The van der Waals surface area contributed by atoms with Crippen LogP contribution in [0.3, 0.4) is 0 Å². The van der Waals surface area contributed by atoms with Gasteiger partial charge in [-0.3, -0.25) is 0 Å². The van der Waals surface area contributed by atoms with Crippen molar-refractivity contribution in [2.75, 3.05) is 5.75 Å². The highest BCUT2D eigenvalue weighted by Gasteiger charge is 2.16. The number of fused-ring (bicyclic) bond motifs is 1. The van der Waals surface area contributed by atoms with E-state index in [1.54, 1.807) is 0 Å². The van der Waals surface area contributed by atoms with Crippen LogP contribution in [0.5, 0.6) is 0 Å². The quantitative estimate of drug-likeness (QED) is 0.149. The molecule has 0 aliphatic carbocycles. The first-order valence-electron chi connectivity index (χ1n) is 11.6. The zero-order chi connectivity index (χ0) is 20.9. The lowest BCUT2D eigenvalue weighted by molar-refractivity contribution is -0.610. The Morgan fingerprint density at radius 2 is 1.50 bits per heavy atom. The van der Waals surface area contributed by atoms with E-state index < -0.39 is 0 Å². The predicted octanol–water partition coefficient (Wildman–Crippen LogP) is 7.64. The van der Waals surface area contributed by atoms with Crippen LogP contribution in [-0.2, 0) is 5.75 Å². The Labute approximate surface area is 189 Å². The largest absolute Gasteiger partial charge is 0.402 e. The highest BCUT2D eigenvalue weighted by atomic mass is 33.1. The summed E-state index contributed by atoms with van der Waals surface area (Å²) in [5.74, 6) is 3.13. The smallest absolute Gasteiger partial charge is 0.238 e. The highest BCUT2D eigenvalue weighted by molar-refractivity contribution is 8.76. The third-order valence-corrected chi connectivity index (χ3v) is 7.81. The van der Waals surface area contributed by atoms with Gasteiger partial charge in [-0.25, -0.2) is 9.55 Å². The molecule has 2 heterocycles. The van der Waals surface area contributed by atoms with Gasteiger partial charge in [0.05, 0.1) is 17.6 Å². The van der Waals surface area contributed by atoms with Crippen LogP contribution in [0.4, 0.5) is 0 Å². The van der Waals surface area contributed by atoms with E-state index in [1.165, 1.54) is 75.7 Å². The van der Waals surface area contributed by atoms with Crippen LogP contribution >= 0.6 is 21.6 Å². The third kappa shape index (κ3) is 7.66. The van der Waals surface area contributed by atoms with Crippen LogP contribution in [0.1, 0.15) is 76.8 Å². The Bertz CT molecular complexity index is 829. The Hall–Kier alpha value is -1.46. The van der Waals surface area contributed by atoms with Crippen molar-refractivity contribution >= 4 is 32.6 Å². The molecule has 0 amide bonds. The van der Waals surface area contributed by atoms with E-state index in [9.17, 15) is 0 Å². The Balaban J connectivity index is 1.31. The normalized spacial score (nSPS) is 11.4. The third-order valence-electron chi connectivity index (χ3n) is 5.42. The minimum atomic E-state index is 0.895. The summed E-state index contributed by atoms with van der Waals surface area (Å²) in [5.41, 5.74) is 3.37. The van der Waals surface area contributed by atoms with E-state index in [1.807, 2.05) is 33.7 Å². The van der Waals surface area contributed by atoms with Crippen molar-refractivity contribution in [2.45, 2.75) is 76.9 Å². The van der Waals surface area contributed by atoms with Crippen LogP contribution in [0.15, 0.2) is 48.7 Å². The molecule has 0 aliphatic heterocycles. The number of imidazole rings is 1. The maximum absolute atomic E-state index is 4.75. The number of aromatic nitrogens is 3. The maximum atomic E-state index is 4.75. The van der Waals surface area contributed by atoms with Crippen LogP contribution in [0.2, 0.25) is 0 Å². The summed E-state index contributed by atoms with van der Waals surface area (Å²) < 4.78 is 2.17. The number of rotatable bonds is 15. The van der Waals surface area contributed by atoms with Gasteiger partial charge in [0.15, 0.2) is 5.52 Å². The van der Waals surface area contributed by atoms with Gasteiger partial charge in [-0.1, -0.05) is 109 Å². The molecule has 5 heteroatoms. The molecule has 3 rings (SSSR count). The first-order chi connectivity index (χ1) is 14.9. The number of pyridine rings is 1. The predicted molar refractivity (Wildman–Crippen MR) is 133 cm³/mol. The van der Waals surface area contributed by atoms with E-state index in [0.29, 0.717) is 0 Å². The van der Waals surface area contributed by atoms with Crippen LogP contribution in [-0.4, -0.2) is 15.7 Å². The summed E-state index contributed by atoms with van der Waals surface area (Å²) in [6.45, 7) is 2.29. The van der Waals surface area contributed by atoms with Crippen molar-refractivity contribution in [2.24, 2.45) is 0 Å². The average Bonchev–Trinajstić information content (AvgIpc) is 3.21. The second-order valence-electron chi connectivity index (χ2n) is 7.91. The minimum Gasteiger partial charge on any atom is -0.238 e. The Kier molecular flexibility index (Phi) is 10.6. The van der Waals surface area contributed by atoms with Gasteiger partial charge in [-0.2, -0.15) is 0 Å². The number of nitrogens with zero attached hydrogens (tertiary/aromatic N) is 2. The SMILES string of the molecule is CCCCCCCCCCCCSSCc1cccc[n+]1-c1nc2ccccc2[nH]1. The molecule has 2 aromatic heterocycles. The molecule has 0 unspecified atom stereocenters. The zero-order valence-corrected chi connectivity index (χ0v) is 19.9. The summed E-state index contributed by atoms with van der Waals surface area (Å²) in [4.78, 5) is 8.19. The van der Waals surface area contributed by atoms with Gasteiger partial charge in [0.1, 0.15) is 5.52 Å². The van der Waals surface area contributed by atoms with E-state index in [4.69, 9.17) is 4.98 Å². The molecule has 0 saturated carbocycles. The van der Waals surface area contributed by atoms with E-state index >= 15 is 0 Å². The number of H-pyrrole nitrogens is 1. The minimum absolute atomic E-state index is 0.895. The highest BCUT2D eigenvalue weighted by Crippen LogP contribution is 2.26. The van der Waals surface area contributed by atoms with Gasteiger partial charge in [-0.15, -0.1) is 0 Å². The molecule has 162 valence electrons. The van der Waals surface area contributed by atoms with E-state index in [-0.39, 0.29) is 0 Å². The lowest BCUT2D eigenvalue weighted by atomic mass is 10.1. The summed E-state index contributed by atoms with van der Waals surface area (Å²) >= 11 is 0. The Morgan fingerprint density at radius 1 is 0.800 bits per heavy atom. The molecule has 0 aliphatic rings. The number of unbranched alkanes of at least 4 members (excludes halogenated alkanes) is 9. The molecule has 3 aromatic rings. The van der Waals surface area contributed by atoms with Gasteiger partial charge in [0.25, 0.3) is 0 Å². The summed E-state index contributed by atoms with van der Waals surface area (Å²) in [6.07, 6.45) is 16.1. The topological polar surface area (TPSA) is 32.6 Å². The first kappa shape index (κ1) is 23.2. The molecule has 1 N–H and O–H groups in total. The van der Waals surface area contributed by atoms with Gasteiger partial charge in [0.2, 0.25) is 0 Å². The van der Waals surface area contributed by atoms with Crippen molar-refractivity contribution in [3.63, 3.8) is 0 Å². The molecule has 3 nitrogen and oxygen atoms in total. The molecule has 1 aromatic carbocycles. The van der Waals surface area contributed by atoms with Crippen LogP contribution in [0.25, 0.3) is 17.0 Å². The number of hydrogen-bond acceptors (Lipinski definition) is 3. The standard InChI is InChI=1S/C25H36N3S2/c1-2-3-4-5-6-7-8-9-10-15-20-29-30-21-22-16-13-14-19-28(22)25-26-23-17-11-12-18-24(23)27-25/h11-14,16-19H,2-10,15,20-21H2,1H3,(H,26,27)/q+1. The monoisotopic (exact) mass is 442 g/mol. The fourth-order valence-corrected chi connectivity index (χ4v) is 5.86. The second kappa shape index (κ2) is 13.8. The number of hydrogen-bond donors (Lipinski definition) is 1. The van der Waals surface area contributed by atoms with Crippen molar-refractivity contribution in [3.05, 3.63) is 54.4 Å². The lowest BCUT2D eigenvalue weighted by Crippen LogP contribution is -2.36. The molecule has 0 fully saturated rings. The first-order valence-corrected chi connectivity index (χ1v) is 14.1. The van der Waals surface area contributed by atoms with Crippen molar-refractivity contribution in [3.8, 4) is 5.95 Å². The molecular formula is C25H36N3S2+. The van der Waals surface area contributed by atoms with Crippen molar-refractivity contribution < 1.29 is 4.57 Å². The van der Waals surface area contributed by atoms with Gasteiger partial charge < -0.3 is 0 Å². The van der Waals surface area contributed by atoms with E-state index in [0.717, 1.165) is 22.7 Å². The summed E-state index contributed by atoms with van der Waals surface area (Å²) in [5, 5.41) is 0. The van der Waals surface area contributed by atoms with Gasteiger partial charge >= 0.3 is 5.95 Å². The van der Waals surface area contributed by atoms with Gasteiger partial charge in [-0.05, 0) is 30.7 Å². The fraction of sp³-hybridized carbons (Fsp3) is 0.520. The number of nitrogens with one attached hydrogen (secondary N) is 1. The van der Waals surface area contributed by atoms with Crippen molar-refractivity contribution in [1.29, 1.82) is 0 Å². The molecule has 0 atom stereocenters. The molecule has 0 spiro atoms. The lowest BCUT2D eigenvalue weighted by Gasteiger charge is -2.05. The van der Waals surface area contributed by atoms with Crippen LogP contribution < -0.4 is 4.57 Å². The number of aromatic amines is 1. The maximum Gasteiger partial charge on any atom is 0.402 e.